The second-order valence-electron chi connectivity index (χ2n) is 10.7. The second-order valence-corrected chi connectivity index (χ2v) is 10.7. The van der Waals surface area contributed by atoms with Gasteiger partial charge < -0.3 is 19.3 Å². The third kappa shape index (κ3) is 7.47. The van der Waals surface area contributed by atoms with Gasteiger partial charge in [-0.2, -0.15) is 0 Å². The Labute approximate surface area is 237 Å². The molecule has 1 fully saturated rings. The van der Waals surface area contributed by atoms with Gasteiger partial charge in [0.25, 0.3) is 0 Å². The number of hydrogen-bond donors (Lipinski definition) is 1. The number of unbranched alkanes of at least 4 members (excludes halogenated alkanes) is 2. The number of benzene rings is 2. The summed E-state index contributed by atoms with van der Waals surface area (Å²) in [6.45, 7) is 5.96. The van der Waals surface area contributed by atoms with E-state index in [1.165, 1.54) is 7.11 Å². The van der Waals surface area contributed by atoms with Crippen LogP contribution < -0.4 is 0 Å². The summed E-state index contributed by atoms with van der Waals surface area (Å²) in [7, 11) is 1.40. The molecule has 0 aliphatic carbocycles. The molecule has 0 spiro atoms. The fourth-order valence-corrected chi connectivity index (χ4v) is 5.18. The first-order valence-electron chi connectivity index (χ1n) is 14.3. The second kappa shape index (κ2) is 13.9. The Morgan fingerprint density at radius 2 is 1.77 bits per heavy atom. The molecule has 0 amide bonds. The minimum Gasteiger partial charge on any atom is -0.469 e. The zero-order valence-electron chi connectivity index (χ0n) is 24.1. The lowest BCUT2D eigenvalue weighted by atomic mass is 10.0. The summed E-state index contributed by atoms with van der Waals surface area (Å²) >= 11 is 0. The van der Waals surface area contributed by atoms with E-state index in [-0.39, 0.29) is 18.2 Å². The molecule has 40 heavy (non-hydrogen) atoms. The van der Waals surface area contributed by atoms with Crippen LogP contribution in [0.5, 0.6) is 0 Å². The molecule has 1 aliphatic heterocycles. The number of aliphatic hydroxyl groups is 1. The largest absolute Gasteiger partial charge is 0.469 e. The highest BCUT2D eigenvalue weighted by Crippen LogP contribution is 2.35. The van der Waals surface area contributed by atoms with E-state index < -0.39 is 11.9 Å². The van der Waals surface area contributed by atoms with Crippen molar-refractivity contribution in [2.24, 2.45) is 0 Å². The van der Waals surface area contributed by atoms with Crippen molar-refractivity contribution in [2.45, 2.75) is 89.8 Å². The topological polar surface area (TPSA) is 82.8 Å². The van der Waals surface area contributed by atoms with E-state index >= 15 is 0 Å². The van der Waals surface area contributed by atoms with Crippen LogP contribution in [0.4, 0.5) is 0 Å². The first-order valence-corrected chi connectivity index (χ1v) is 14.3. The van der Waals surface area contributed by atoms with Crippen LogP contribution in [0.15, 0.2) is 66.7 Å². The number of esters is 1. The Bertz CT molecular complexity index is 1250. The van der Waals surface area contributed by atoms with Crippen molar-refractivity contribution in [1.29, 1.82) is 0 Å². The van der Waals surface area contributed by atoms with E-state index in [1.807, 2.05) is 86.7 Å². The first kappa shape index (κ1) is 29.7. The number of nitrogens with zero attached hydrogens (tertiary/aromatic N) is 2. The summed E-state index contributed by atoms with van der Waals surface area (Å²) in [5.74, 6) is -0.204. The van der Waals surface area contributed by atoms with Gasteiger partial charge >= 0.3 is 5.97 Å². The van der Waals surface area contributed by atoms with Crippen molar-refractivity contribution in [1.82, 2.24) is 9.55 Å². The molecule has 0 radical (unpaired) electrons. The number of aliphatic hydroxyl groups excluding tert-OH is 1. The molecule has 0 unspecified atom stereocenters. The Morgan fingerprint density at radius 1 is 1.07 bits per heavy atom. The van der Waals surface area contributed by atoms with E-state index in [4.69, 9.17) is 19.2 Å². The molecule has 1 aliphatic rings. The minimum absolute atomic E-state index is 0.212. The summed E-state index contributed by atoms with van der Waals surface area (Å²) in [6.07, 6.45) is 8.12. The average molecular weight is 547 g/mol. The van der Waals surface area contributed by atoms with Crippen LogP contribution in [0.3, 0.4) is 0 Å². The number of carbonyl (C=O) groups is 1. The van der Waals surface area contributed by atoms with Gasteiger partial charge in [-0.3, -0.25) is 9.36 Å². The number of rotatable bonds is 13. The predicted molar refractivity (Wildman–Crippen MR) is 157 cm³/mol. The molecule has 7 heteroatoms. The maximum Gasteiger partial charge on any atom is 0.305 e. The molecule has 0 saturated carbocycles. The summed E-state index contributed by atoms with van der Waals surface area (Å²) < 4.78 is 19.4. The lowest BCUT2D eigenvalue weighted by molar-refractivity contribution is -0.144. The van der Waals surface area contributed by atoms with Crippen molar-refractivity contribution in [3.05, 3.63) is 78.1 Å². The lowest BCUT2D eigenvalue weighted by Gasteiger charge is -2.16. The fourth-order valence-electron chi connectivity index (χ4n) is 5.18. The number of ether oxygens (including phenoxy) is 3. The molecule has 7 nitrogen and oxygen atoms in total. The van der Waals surface area contributed by atoms with Crippen molar-refractivity contribution >= 4 is 12.0 Å². The van der Waals surface area contributed by atoms with Crippen LogP contribution in [0.2, 0.25) is 0 Å². The summed E-state index contributed by atoms with van der Waals surface area (Å²) in [5, 5.41) is 11.4. The average Bonchev–Trinajstić information content (AvgIpc) is 3.49. The van der Waals surface area contributed by atoms with E-state index in [2.05, 4.69) is 11.5 Å². The van der Waals surface area contributed by atoms with Crippen LogP contribution >= 0.6 is 0 Å². The molecular formula is C33H42N2O5. The van der Waals surface area contributed by atoms with Gasteiger partial charge in [-0.1, -0.05) is 80.8 Å². The van der Waals surface area contributed by atoms with Crippen LogP contribution in [0.25, 0.3) is 23.2 Å². The smallest absolute Gasteiger partial charge is 0.305 e. The number of imidazole rings is 1. The van der Waals surface area contributed by atoms with Gasteiger partial charge in [-0.05, 0) is 51.3 Å². The molecular weight excluding hydrogens is 504 g/mol. The van der Waals surface area contributed by atoms with Crippen molar-refractivity contribution < 1.29 is 24.1 Å². The van der Waals surface area contributed by atoms with Crippen molar-refractivity contribution in [3.8, 4) is 17.1 Å². The van der Waals surface area contributed by atoms with Crippen molar-refractivity contribution in [3.63, 3.8) is 0 Å². The zero-order chi connectivity index (χ0) is 28.5. The molecule has 4 rings (SSSR count). The molecule has 1 N–H and O–H groups in total. The number of aromatic nitrogens is 2. The normalized spacial score (nSPS) is 19.2. The SMILES string of the molecule is CCCCC[C@@H](O)c1nc(-c2ccccc2)n(-c2ccccc2)c1/C=C/[C@H]1OC(C)(C)O[C@H]1CCCC(=O)OC. The van der Waals surface area contributed by atoms with E-state index in [0.29, 0.717) is 31.4 Å². The summed E-state index contributed by atoms with van der Waals surface area (Å²) in [4.78, 5) is 16.7. The monoisotopic (exact) mass is 546 g/mol. The quantitative estimate of drug-likeness (QED) is 0.183. The highest BCUT2D eigenvalue weighted by Gasteiger charge is 2.39. The fraction of sp³-hybridized carbons (Fsp3) is 0.455. The van der Waals surface area contributed by atoms with Crippen LogP contribution in [-0.2, 0) is 19.0 Å². The molecule has 1 aromatic heterocycles. The number of methoxy groups -OCH3 is 1. The Morgan fingerprint density at radius 3 is 2.45 bits per heavy atom. The van der Waals surface area contributed by atoms with Crippen LogP contribution in [-0.4, -0.2) is 45.7 Å². The highest BCUT2D eigenvalue weighted by atomic mass is 16.7. The molecule has 2 aromatic carbocycles. The zero-order valence-corrected chi connectivity index (χ0v) is 24.1. The number of carbonyl (C=O) groups excluding carboxylic acids is 1. The lowest BCUT2D eigenvalue weighted by Crippen LogP contribution is -2.21. The molecule has 0 bridgehead atoms. The third-order valence-corrected chi connectivity index (χ3v) is 7.15. The first-order chi connectivity index (χ1) is 19.3. The third-order valence-electron chi connectivity index (χ3n) is 7.15. The minimum atomic E-state index is -0.748. The Balaban J connectivity index is 1.75. The highest BCUT2D eigenvalue weighted by molar-refractivity contribution is 5.69. The van der Waals surface area contributed by atoms with Gasteiger partial charge in [-0.25, -0.2) is 4.98 Å². The summed E-state index contributed by atoms with van der Waals surface area (Å²) in [5.41, 5.74) is 3.39. The van der Waals surface area contributed by atoms with Gasteiger partial charge in [-0.15, -0.1) is 0 Å². The van der Waals surface area contributed by atoms with Crippen LogP contribution in [0.1, 0.15) is 83.2 Å². The standard InChI is InChI=1S/C33H42N2O5/c1-5-6-9-19-27(36)31-26(22-23-29-28(39-33(2,3)40-29)20-14-21-30(37)38-4)35(25-17-12-8-13-18-25)32(34-31)24-15-10-7-11-16-24/h7-8,10-13,15-18,22-23,27-29,36H,5-6,9,14,19-21H2,1-4H3/b23-22+/t27-,28+,29-/m1/s1. The van der Waals surface area contributed by atoms with E-state index in [0.717, 1.165) is 42.0 Å². The van der Waals surface area contributed by atoms with Crippen molar-refractivity contribution in [2.75, 3.05) is 7.11 Å². The number of hydrogen-bond acceptors (Lipinski definition) is 6. The van der Waals surface area contributed by atoms with Gasteiger partial charge in [0.1, 0.15) is 11.9 Å². The number of para-hydroxylation sites is 1. The molecule has 214 valence electrons. The Hall–Kier alpha value is -3.26. The Kier molecular flexibility index (Phi) is 10.3. The summed E-state index contributed by atoms with van der Waals surface area (Å²) in [6, 6.07) is 20.1. The van der Waals surface area contributed by atoms with Gasteiger partial charge in [0, 0.05) is 17.7 Å². The molecule has 3 atom stereocenters. The van der Waals surface area contributed by atoms with E-state index in [9.17, 15) is 9.90 Å². The van der Waals surface area contributed by atoms with E-state index in [1.54, 1.807) is 0 Å². The molecule has 3 aromatic rings. The molecule has 1 saturated heterocycles. The predicted octanol–water partition coefficient (Wildman–Crippen LogP) is 7.03. The molecule has 2 heterocycles. The van der Waals surface area contributed by atoms with Gasteiger partial charge in [0.05, 0.1) is 30.7 Å². The maximum atomic E-state index is 11.7. The van der Waals surface area contributed by atoms with Gasteiger partial charge in [0.15, 0.2) is 5.79 Å². The van der Waals surface area contributed by atoms with Gasteiger partial charge in [0.2, 0.25) is 0 Å². The van der Waals surface area contributed by atoms with Crippen LogP contribution in [0, 0.1) is 0 Å². The maximum absolute atomic E-state index is 11.7.